The minimum atomic E-state index is -0.252. The lowest BCUT2D eigenvalue weighted by molar-refractivity contribution is 0.102. The minimum Gasteiger partial charge on any atom is -0.490 e. The van der Waals surface area contributed by atoms with Crippen LogP contribution in [0.1, 0.15) is 49.7 Å². The van der Waals surface area contributed by atoms with E-state index in [1.807, 2.05) is 63.2 Å². The molecule has 3 rings (SSSR count). The molecule has 0 radical (unpaired) electrons. The second-order valence-electron chi connectivity index (χ2n) is 7.41. The molecule has 0 spiro atoms. The van der Waals surface area contributed by atoms with Crippen molar-refractivity contribution in [2.45, 2.75) is 33.7 Å². The van der Waals surface area contributed by atoms with E-state index < -0.39 is 0 Å². The average molecular weight is 449 g/mol. The minimum absolute atomic E-state index is 0.171. The first-order valence-electron chi connectivity index (χ1n) is 11.3. The molecule has 0 bridgehead atoms. The number of hydrogen-bond acceptors (Lipinski definition) is 5. The van der Waals surface area contributed by atoms with Gasteiger partial charge in [0.25, 0.3) is 5.91 Å². The van der Waals surface area contributed by atoms with Crippen LogP contribution in [-0.2, 0) is 0 Å². The zero-order valence-corrected chi connectivity index (χ0v) is 19.7. The van der Waals surface area contributed by atoms with Crippen LogP contribution in [0.25, 0.3) is 0 Å². The quantitative estimate of drug-likeness (QED) is 0.360. The molecule has 1 atom stereocenters. The Hall–Kier alpha value is -3.67. The fraction of sp³-hybridized carbons (Fsp3) is 0.296. The summed E-state index contributed by atoms with van der Waals surface area (Å²) in [5.41, 5.74) is 3.32. The molecule has 0 aliphatic heterocycles. The topological polar surface area (TPSA) is 68.8 Å². The van der Waals surface area contributed by atoms with Gasteiger partial charge in [0.2, 0.25) is 5.75 Å². The number of hydrogen-bond donors (Lipinski definition) is 2. The van der Waals surface area contributed by atoms with Crippen LogP contribution in [0.2, 0.25) is 0 Å². The Balaban J connectivity index is 1.73. The summed E-state index contributed by atoms with van der Waals surface area (Å²) in [7, 11) is 0. The van der Waals surface area contributed by atoms with Gasteiger partial charge in [-0.25, -0.2) is 0 Å². The normalized spacial score (nSPS) is 11.4. The molecule has 1 amide bonds. The summed E-state index contributed by atoms with van der Waals surface area (Å²) in [5.74, 6) is 1.24. The standard InChI is InChI=1S/C27H32N2O4/c1-5-31-24-17-21(18-25(32-6-2)26(24)33-7-3)27(30)29-23-15-13-22(14-16-23)28-19(4)20-11-9-8-10-12-20/h8-19,28H,5-7H2,1-4H3,(H,29,30). The molecule has 0 saturated carbocycles. The fourth-order valence-corrected chi connectivity index (χ4v) is 3.45. The summed E-state index contributed by atoms with van der Waals surface area (Å²) < 4.78 is 17.1. The maximum atomic E-state index is 13.0. The number of anilines is 2. The van der Waals surface area contributed by atoms with Gasteiger partial charge in [-0.05, 0) is 69.7 Å². The van der Waals surface area contributed by atoms with E-state index in [4.69, 9.17) is 14.2 Å². The highest BCUT2D eigenvalue weighted by Gasteiger charge is 2.18. The molecule has 174 valence electrons. The van der Waals surface area contributed by atoms with Crippen LogP contribution in [0, 0.1) is 0 Å². The van der Waals surface area contributed by atoms with Crippen LogP contribution in [-0.4, -0.2) is 25.7 Å². The first-order valence-corrected chi connectivity index (χ1v) is 11.3. The number of amides is 1. The van der Waals surface area contributed by atoms with Gasteiger partial charge in [0.15, 0.2) is 11.5 Å². The smallest absolute Gasteiger partial charge is 0.255 e. The number of rotatable bonds is 11. The maximum absolute atomic E-state index is 13.0. The molecule has 2 N–H and O–H groups in total. The molecule has 6 nitrogen and oxygen atoms in total. The third kappa shape index (κ3) is 6.42. The van der Waals surface area contributed by atoms with Crippen LogP contribution in [0.5, 0.6) is 17.2 Å². The molecule has 0 aromatic heterocycles. The summed E-state index contributed by atoms with van der Waals surface area (Å²) in [4.78, 5) is 13.0. The van der Waals surface area contributed by atoms with Crippen molar-refractivity contribution in [1.29, 1.82) is 0 Å². The van der Waals surface area contributed by atoms with E-state index in [1.54, 1.807) is 12.1 Å². The Bertz CT molecular complexity index is 1010. The van der Waals surface area contributed by atoms with Crippen LogP contribution in [0.4, 0.5) is 11.4 Å². The van der Waals surface area contributed by atoms with Crippen LogP contribution < -0.4 is 24.8 Å². The van der Waals surface area contributed by atoms with E-state index >= 15 is 0 Å². The Labute approximate surface area is 195 Å². The average Bonchev–Trinajstić information content (AvgIpc) is 2.83. The van der Waals surface area contributed by atoms with Gasteiger partial charge in [0, 0.05) is 23.0 Å². The number of nitrogens with one attached hydrogen (secondary N) is 2. The van der Waals surface area contributed by atoms with Gasteiger partial charge in [0.05, 0.1) is 19.8 Å². The maximum Gasteiger partial charge on any atom is 0.255 e. The van der Waals surface area contributed by atoms with Crippen LogP contribution >= 0.6 is 0 Å². The van der Waals surface area contributed by atoms with Crippen molar-refractivity contribution in [3.63, 3.8) is 0 Å². The summed E-state index contributed by atoms with van der Waals surface area (Å²) in [6.07, 6.45) is 0. The Morgan fingerprint density at radius 3 is 1.88 bits per heavy atom. The summed E-state index contributed by atoms with van der Waals surface area (Å²) >= 11 is 0. The van der Waals surface area contributed by atoms with Gasteiger partial charge >= 0.3 is 0 Å². The summed E-state index contributed by atoms with van der Waals surface area (Å²) in [5, 5.41) is 6.41. The van der Waals surface area contributed by atoms with E-state index in [1.165, 1.54) is 5.56 Å². The van der Waals surface area contributed by atoms with E-state index in [0.29, 0.717) is 48.3 Å². The SMILES string of the molecule is CCOc1cc(C(=O)Nc2ccc(NC(C)c3ccccc3)cc2)cc(OCC)c1OCC. The lowest BCUT2D eigenvalue weighted by Crippen LogP contribution is -2.13. The van der Waals surface area contributed by atoms with Gasteiger partial charge < -0.3 is 24.8 Å². The number of ether oxygens (including phenoxy) is 3. The second kappa shape index (κ2) is 11.8. The summed E-state index contributed by atoms with van der Waals surface area (Å²) in [6.45, 7) is 9.15. The van der Waals surface area contributed by atoms with Crippen LogP contribution in [0.15, 0.2) is 66.7 Å². The second-order valence-corrected chi connectivity index (χ2v) is 7.41. The zero-order valence-electron chi connectivity index (χ0n) is 19.7. The molecule has 3 aromatic rings. The van der Waals surface area contributed by atoms with Crippen molar-refractivity contribution >= 4 is 17.3 Å². The van der Waals surface area contributed by atoms with Gasteiger partial charge in [-0.3, -0.25) is 4.79 Å². The van der Waals surface area contributed by atoms with Crippen molar-refractivity contribution < 1.29 is 19.0 Å². The molecule has 3 aromatic carbocycles. The predicted molar refractivity (Wildman–Crippen MR) is 133 cm³/mol. The van der Waals surface area contributed by atoms with Crippen molar-refractivity contribution in [2.24, 2.45) is 0 Å². The van der Waals surface area contributed by atoms with Crippen molar-refractivity contribution in [1.82, 2.24) is 0 Å². The molecule has 6 heteroatoms. The third-order valence-electron chi connectivity index (χ3n) is 5.00. The van der Waals surface area contributed by atoms with Gasteiger partial charge in [0.1, 0.15) is 0 Å². The molecule has 1 unspecified atom stereocenters. The highest BCUT2D eigenvalue weighted by atomic mass is 16.5. The molecular weight excluding hydrogens is 416 g/mol. The van der Waals surface area contributed by atoms with Crippen molar-refractivity contribution in [3.05, 3.63) is 77.9 Å². The van der Waals surface area contributed by atoms with Crippen LogP contribution in [0.3, 0.4) is 0 Å². The largest absolute Gasteiger partial charge is 0.490 e. The lowest BCUT2D eigenvalue weighted by atomic mass is 10.1. The Morgan fingerprint density at radius 1 is 0.788 bits per heavy atom. The first kappa shape index (κ1) is 24.0. The van der Waals surface area contributed by atoms with E-state index in [2.05, 4.69) is 29.7 Å². The van der Waals surface area contributed by atoms with Gasteiger partial charge in [-0.2, -0.15) is 0 Å². The van der Waals surface area contributed by atoms with Crippen molar-refractivity contribution in [2.75, 3.05) is 30.5 Å². The molecule has 0 aliphatic carbocycles. The number of carbonyl (C=O) groups excluding carboxylic acids is 1. The van der Waals surface area contributed by atoms with Gasteiger partial charge in [-0.15, -0.1) is 0 Å². The predicted octanol–water partition coefficient (Wildman–Crippen LogP) is 6.31. The van der Waals surface area contributed by atoms with E-state index in [-0.39, 0.29) is 11.9 Å². The highest BCUT2D eigenvalue weighted by molar-refractivity contribution is 6.05. The first-order chi connectivity index (χ1) is 16.0. The number of carbonyl (C=O) groups is 1. The monoisotopic (exact) mass is 448 g/mol. The van der Waals surface area contributed by atoms with E-state index in [0.717, 1.165) is 5.69 Å². The fourth-order valence-electron chi connectivity index (χ4n) is 3.45. The molecular formula is C27H32N2O4. The molecule has 0 fully saturated rings. The third-order valence-corrected chi connectivity index (χ3v) is 5.00. The van der Waals surface area contributed by atoms with Crippen molar-refractivity contribution in [3.8, 4) is 17.2 Å². The number of benzene rings is 3. The molecule has 0 aliphatic rings. The zero-order chi connectivity index (χ0) is 23.6. The van der Waals surface area contributed by atoms with E-state index in [9.17, 15) is 4.79 Å². The highest BCUT2D eigenvalue weighted by Crippen LogP contribution is 2.39. The molecule has 33 heavy (non-hydrogen) atoms. The lowest BCUT2D eigenvalue weighted by Gasteiger charge is -2.17. The summed E-state index contributed by atoms with van der Waals surface area (Å²) in [6, 6.07) is 21.4. The van der Waals surface area contributed by atoms with Gasteiger partial charge in [-0.1, -0.05) is 30.3 Å². The molecule has 0 heterocycles. The Kier molecular flexibility index (Phi) is 8.58. The molecule has 0 saturated heterocycles. The Morgan fingerprint density at radius 2 is 1.33 bits per heavy atom.